The van der Waals surface area contributed by atoms with Crippen LogP contribution in [-0.2, 0) is 0 Å². The lowest BCUT2D eigenvalue weighted by Gasteiger charge is -2.07. The second kappa shape index (κ2) is 5.18. The van der Waals surface area contributed by atoms with E-state index < -0.39 is 6.03 Å². The Hall–Kier alpha value is -2.56. The summed E-state index contributed by atoms with van der Waals surface area (Å²) in [6.07, 6.45) is 1.67. The van der Waals surface area contributed by atoms with E-state index in [2.05, 4.69) is 15.6 Å². The topological polar surface area (TPSA) is 74.2 Å². The number of hydrogen-bond donors (Lipinski definition) is 3. The normalized spacial score (nSPS) is 9.83. The summed E-state index contributed by atoms with van der Waals surface area (Å²) in [4.78, 5) is 15.7. The molecule has 0 aliphatic rings. The van der Waals surface area contributed by atoms with Crippen LogP contribution in [-0.4, -0.2) is 16.1 Å². The van der Waals surface area contributed by atoms with E-state index in [0.717, 1.165) is 5.56 Å². The van der Waals surface area contributed by atoms with Gasteiger partial charge in [0, 0.05) is 18.0 Å². The smallest absolute Gasteiger partial charge is 0.324 e. The molecule has 92 valence electrons. The number of amides is 2. The number of rotatable bonds is 2. The van der Waals surface area contributed by atoms with Gasteiger partial charge in [-0.2, -0.15) is 0 Å². The van der Waals surface area contributed by atoms with Crippen molar-refractivity contribution < 1.29 is 9.90 Å². The van der Waals surface area contributed by atoms with Crippen molar-refractivity contribution in [3.05, 3.63) is 48.2 Å². The Bertz CT molecular complexity index is 552. The lowest BCUT2D eigenvalue weighted by Crippen LogP contribution is -2.19. The number of phenolic OH excluding ortho intramolecular Hbond substituents is 1. The van der Waals surface area contributed by atoms with E-state index in [9.17, 15) is 9.90 Å². The zero-order valence-corrected chi connectivity index (χ0v) is 9.84. The summed E-state index contributed by atoms with van der Waals surface area (Å²) in [5.41, 5.74) is 1.54. The number of aryl methyl sites for hydroxylation is 1. The maximum Gasteiger partial charge on any atom is 0.324 e. The van der Waals surface area contributed by atoms with Gasteiger partial charge in [0.25, 0.3) is 0 Å². The first-order chi connectivity index (χ1) is 8.63. The Morgan fingerprint density at radius 1 is 1.22 bits per heavy atom. The largest absolute Gasteiger partial charge is 0.508 e. The lowest BCUT2D eigenvalue weighted by atomic mass is 10.3. The minimum absolute atomic E-state index is 0.0984. The number of nitrogens with zero attached hydrogens (tertiary/aromatic N) is 1. The molecule has 0 fully saturated rings. The molecule has 0 spiro atoms. The molecule has 5 heteroatoms. The molecule has 0 aliphatic carbocycles. The molecule has 0 saturated heterocycles. The molecular weight excluding hydrogens is 230 g/mol. The van der Waals surface area contributed by atoms with Gasteiger partial charge in [-0.05, 0) is 30.7 Å². The number of anilines is 2. The molecule has 2 rings (SSSR count). The molecule has 2 aromatic rings. The van der Waals surface area contributed by atoms with E-state index in [1.807, 2.05) is 13.0 Å². The molecule has 0 aliphatic heterocycles. The molecule has 0 bridgehead atoms. The first-order valence-corrected chi connectivity index (χ1v) is 5.43. The zero-order chi connectivity index (χ0) is 13.0. The number of phenols is 1. The van der Waals surface area contributed by atoms with Crippen LogP contribution in [0.4, 0.5) is 16.3 Å². The number of urea groups is 1. The van der Waals surface area contributed by atoms with Gasteiger partial charge in [-0.1, -0.05) is 12.1 Å². The minimum atomic E-state index is -0.406. The van der Waals surface area contributed by atoms with Crippen LogP contribution in [0.1, 0.15) is 5.56 Å². The van der Waals surface area contributed by atoms with Gasteiger partial charge in [0.2, 0.25) is 0 Å². The summed E-state index contributed by atoms with van der Waals surface area (Å²) < 4.78 is 0. The van der Waals surface area contributed by atoms with E-state index in [1.54, 1.807) is 24.4 Å². The second-order valence-corrected chi connectivity index (χ2v) is 3.85. The molecule has 0 radical (unpaired) electrons. The molecule has 3 N–H and O–H groups in total. The van der Waals surface area contributed by atoms with Crippen LogP contribution in [0.15, 0.2) is 42.6 Å². The van der Waals surface area contributed by atoms with Gasteiger partial charge in [0.1, 0.15) is 11.6 Å². The molecule has 5 nitrogen and oxygen atoms in total. The summed E-state index contributed by atoms with van der Waals surface area (Å²) in [7, 11) is 0. The summed E-state index contributed by atoms with van der Waals surface area (Å²) >= 11 is 0. The quantitative estimate of drug-likeness (QED) is 0.759. The van der Waals surface area contributed by atoms with Crippen molar-refractivity contribution in [2.45, 2.75) is 6.92 Å². The Balaban J connectivity index is 1.98. The number of carbonyl (C=O) groups excluding carboxylic acids is 1. The van der Waals surface area contributed by atoms with Crippen LogP contribution < -0.4 is 10.6 Å². The predicted octanol–water partition coefficient (Wildman–Crippen LogP) is 2.74. The summed E-state index contributed by atoms with van der Waals surface area (Å²) in [5, 5.41) is 14.5. The lowest BCUT2D eigenvalue weighted by molar-refractivity contribution is 0.262. The third-order valence-corrected chi connectivity index (χ3v) is 2.26. The third-order valence-electron chi connectivity index (χ3n) is 2.26. The van der Waals surface area contributed by atoms with E-state index >= 15 is 0 Å². The minimum Gasteiger partial charge on any atom is -0.508 e. The summed E-state index contributed by atoms with van der Waals surface area (Å²) in [6.45, 7) is 1.92. The number of benzene rings is 1. The van der Waals surface area contributed by atoms with Gasteiger partial charge in [-0.15, -0.1) is 0 Å². The van der Waals surface area contributed by atoms with E-state index in [0.29, 0.717) is 11.5 Å². The van der Waals surface area contributed by atoms with Crippen LogP contribution in [0.5, 0.6) is 5.75 Å². The Morgan fingerprint density at radius 2 is 2.06 bits per heavy atom. The van der Waals surface area contributed by atoms with E-state index in [4.69, 9.17) is 0 Å². The van der Waals surface area contributed by atoms with Gasteiger partial charge in [0.15, 0.2) is 0 Å². The van der Waals surface area contributed by atoms with Crippen molar-refractivity contribution in [2.24, 2.45) is 0 Å². The van der Waals surface area contributed by atoms with Gasteiger partial charge in [0.05, 0.1) is 0 Å². The van der Waals surface area contributed by atoms with Crippen molar-refractivity contribution in [1.29, 1.82) is 0 Å². The Morgan fingerprint density at radius 3 is 2.72 bits per heavy atom. The highest BCUT2D eigenvalue weighted by atomic mass is 16.3. The summed E-state index contributed by atoms with van der Waals surface area (Å²) in [5.74, 6) is 0.569. The van der Waals surface area contributed by atoms with Crippen LogP contribution >= 0.6 is 0 Å². The highest BCUT2D eigenvalue weighted by Crippen LogP contribution is 2.15. The van der Waals surface area contributed by atoms with Crippen molar-refractivity contribution in [3.8, 4) is 5.75 Å². The number of aromatic hydroxyl groups is 1. The Labute approximate surface area is 104 Å². The van der Waals surface area contributed by atoms with Crippen LogP contribution in [0, 0.1) is 6.92 Å². The molecular formula is C13H13N3O2. The maximum absolute atomic E-state index is 11.6. The molecule has 0 atom stereocenters. The molecule has 18 heavy (non-hydrogen) atoms. The molecule has 0 saturated carbocycles. The number of pyridine rings is 1. The first-order valence-electron chi connectivity index (χ1n) is 5.43. The van der Waals surface area contributed by atoms with Gasteiger partial charge >= 0.3 is 6.03 Å². The fourth-order valence-corrected chi connectivity index (χ4v) is 1.40. The SMILES string of the molecule is Cc1ccc(NC(=O)Nc2cccc(O)c2)nc1. The highest BCUT2D eigenvalue weighted by molar-refractivity contribution is 5.99. The average molecular weight is 243 g/mol. The van der Waals surface area contributed by atoms with Crippen molar-refractivity contribution in [2.75, 3.05) is 10.6 Å². The maximum atomic E-state index is 11.6. The number of nitrogens with one attached hydrogen (secondary N) is 2. The van der Waals surface area contributed by atoms with Gasteiger partial charge < -0.3 is 10.4 Å². The standard InChI is InChI=1S/C13H13N3O2/c1-9-5-6-12(14-8-9)16-13(18)15-10-3-2-4-11(17)7-10/h2-8,17H,1H3,(H2,14,15,16,18). The van der Waals surface area contributed by atoms with Crippen LogP contribution in [0.2, 0.25) is 0 Å². The monoisotopic (exact) mass is 243 g/mol. The van der Waals surface area contributed by atoms with Crippen LogP contribution in [0.25, 0.3) is 0 Å². The second-order valence-electron chi connectivity index (χ2n) is 3.85. The average Bonchev–Trinajstić information content (AvgIpc) is 2.32. The Kier molecular flexibility index (Phi) is 3.43. The van der Waals surface area contributed by atoms with Crippen LogP contribution in [0.3, 0.4) is 0 Å². The first kappa shape index (κ1) is 11.9. The fraction of sp³-hybridized carbons (Fsp3) is 0.0769. The van der Waals surface area contributed by atoms with Gasteiger partial charge in [-0.25, -0.2) is 9.78 Å². The molecule has 2 amide bonds. The fourth-order valence-electron chi connectivity index (χ4n) is 1.40. The highest BCUT2D eigenvalue weighted by Gasteiger charge is 2.03. The van der Waals surface area contributed by atoms with E-state index in [-0.39, 0.29) is 5.75 Å². The zero-order valence-electron chi connectivity index (χ0n) is 9.84. The number of carbonyl (C=O) groups is 1. The van der Waals surface area contributed by atoms with E-state index in [1.165, 1.54) is 12.1 Å². The van der Waals surface area contributed by atoms with Crippen molar-refractivity contribution in [1.82, 2.24) is 4.98 Å². The summed E-state index contributed by atoms with van der Waals surface area (Å²) in [6, 6.07) is 9.50. The molecule has 1 aromatic carbocycles. The van der Waals surface area contributed by atoms with Crippen molar-refractivity contribution >= 4 is 17.5 Å². The molecule has 1 aromatic heterocycles. The number of aromatic nitrogens is 1. The van der Waals surface area contributed by atoms with Gasteiger partial charge in [-0.3, -0.25) is 5.32 Å². The predicted molar refractivity (Wildman–Crippen MR) is 69.7 cm³/mol. The number of hydrogen-bond acceptors (Lipinski definition) is 3. The van der Waals surface area contributed by atoms with Crippen molar-refractivity contribution in [3.63, 3.8) is 0 Å². The molecule has 0 unspecified atom stereocenters. The third kappa shape index (κ3) is 3.21. The molecule has 1 heterocycles.